The molecule has 0 fully saturated rings. The lowest BCUT2D eigenvalue weighted by Gasteiger charge is -2.04. The molecule has 0 N–H and O–H groups in total. The van der Waals surface area contributed by atoms with Gasteiger partial charge in [0.05, 0.1) is 10.2 Å². The number of benzene rings is 1. The average Bonchev–Trinajstić information content (AvgIpc) is 2.31. The third-order valence-electron chi connectivity index (χ3n) is 2.46. The summed E-state index contributed by atoms with van der Waals surface area (Å²) in [6.45, 7) is 4.16. The third kappa shape index (κ3) is 2.30. The van der Waals surface area contributed by atoms with Crippen LogP contribution in [0.1, 0.15) is 18.2 Å². The summed E-state index contributed by atoms with van der Waals surface area (Å²) < 4.78 is 0.978. The Balaban J connectivity index is 2.44. The lowest BCUT2D eigenvalue weighted by molar-refractivity contribution is 0.990. The number of hydrogen-bond donors (Lipinski definition) is 0. The lowest BCUT2D eigenvalue weighted by atomic mass is 10.1. The molecule has 2 aromatic rings. The van der Waals surface area contributed by atoms with E-state index in [1.54, 1.807) is 0 Å². The first kappa shape index (κ1) is 11.3. The van der Waals surface area contributed by atoms with Crippen molar-refractivity contribution in [1.29, 1.82) is 0 Å². The van der Waals surface area contributed by atoms with Crippen molar-refractivity contribution >= 4 is 15.9 Å². The molecule has 0 unspecified atom stereocenters. The maximum atomic E-state index is 4.53. The fourth-order valence-corrected chi connectivity index (χ4v) is 1.96. The largest absolute Gasteiger partial charge is 0.235 e. The highest BCUT2D eigenvalue weighted by molar-refractivity contribution is 9.10. The summed E-state index contributed by atoms with van der Waals surface area (Å²) in [5.74, 6) is 0.792. The lowest BCUT2D eigenvalue weighted by Crippen LogP contribution is -1.95. The van der Waals surface area contributed by atoms with Crippen LogP contribution >= 0.6 is 15.9 Å². The van der Waals surface area contributed by atoms with Gasteiger partial charge in [0, 0.05) is 11.8 Å². The van der Waals surface area contributed by atoms with Crippen LogP contribution in [-0.4, -0.2) is 9.97 Å². The van der Waals surface area contributed by atoms with Gasteiger partial charge in [-0.3, -0.25) is 0 Å². The van der Waals surface area contributed by atoms with Crippen molar-refractivity contribution in [3.8, 4) is 11.4 Å². The van der Waals surface area contributed by atoms with Crippen molar-refractivity contribution in [3.05, 3.63) is 46.2 Å². The summed E-state index contributed by atoms with van der Waals surface area (Å²) in [6.07, 6.45) is 2.73. The van der Waals surface area contributed by atoms with Gasteiger partial charge in [0.25, 0.3) is 0 Å². The summed E-state index contributed by atoms with van der Waals surface area (Å²) in [6, 6.07) is 8.26. The number of aromatic nitrogens is 2. The average molecular weight is 277 g/mol. The molecule has 3 heteroatoms. The van der Waals surface area contributed by atoms with Crippen LogP contribution in [0.2, 0.25) is 0 Å². The Morgan fingerprint density at radius 1 is 1.19 bits per heavy atom. The molecule has 1 aromatic heterocycles. The van der Waals surface area contributed by atoms with Crippen LogP contribution in [-0.2, 0) is 6.42 Å². The summed E-state index contributed by atoms with van der Waals surface area (Å²) in [4.78, 5) is 8.86. The van der Waals surface area contributed by atoms with Crippen molar-refractivity contribution < 1.29 is 0 Å². The number of rotatable bonds is 2. The third-order valence-corrected chi connectivity index (χ3v) is 3.12. The molecule has 2 rings (SSSR count). The Morgan fingerprint density at radius 3 is 2.50 bits per heavy atom. The highest BCUT2D eigenvalue weighted by Gasteiger charge is 2.05. The van der Waals surface area contributed by atoms with E-state index in [-0.39, 0.29) is 0 Å². The van der Waals surface area contributed by atoms with Gasteiger partial charge in [-0.1, -0.05) is 36.8 Å². The second-order valence-corrected chi connectivity index (χ2v) is 4.56. The molecule has 0 aliphatic heterocycles. The van der Waals surface area contributed by atoms with Crippen LogP contribution in [0, 0.1) is 6.92 Å². The number of hydrogen-bond acceptors (Lipinski definition) is 2. The minimum Gasteiger partial charge on any atom is -0.235 e. The highest BCUT2D eigenvalue weighted by Crippen LogP contribution is 2.20. The Labute approximate surface area is 104 Å². The van der Waals surface area contributed by atoms with E-state index in [1.807, 2.05) is 6.20 Å². The molecule has 0 aliphatic rings. The molecular formula is C13H13BrN2. The van der Waals surface area contributed by atoms with E-state index in [9.17, 15) is 0 Å². The van der Waals surface area contributed by atoms with Crippen molar-refractivity contribution in [3.63, 3.8) is 0 Å². The second-order valence-electron chi connectivity index (χ2n) is 3.71. The summed E-state index contributed by atoms with van der Waals surface area (Å²) in [5, 5.41) is 0. The molecule has 0 amide bonds. The molecule has 82 valence electrons. The van der Waals surface area contributed by atoms with E-state index < -0.39 is 0 Å². The minimum absolute atomic E-state index is 0.792. The molecule has 0 aliphatic carbocycles. The van der Waals surface area contributed by atoms with Crippen LogP contribution in [0.3, 0.4) is 0 Å². The van der Waals surface area contributed by atoms with E-state index in [2.05, 4.69) is 64.0 Å². The highest BCUT2D eigenvalue weighted by atomic mass is 79.9. The normalized spacial score (nSPS) is 10.4. The van der Waals surface area contributed by atoms with Crippen molar-refractivity contribution in [2.24, 2.45) is 0 Å². The molecule has 0 bridgehead atoms. The Bertz CT molecular complexity index is 492. The molecule has 2 nitrogen and oxygen atoms in total. The van der Waals surface area contributed by atoms with Crippen molar-refractivity contribution in [1.82, 2.24) is 9.97 Å². The first-order valence-corrected chi connectivity index (χ1v) is 6.08. The monoisotopic (exact) mass is 276 g/mol. The van der Waals surface area contributed by atoms with Gasteiger partial charge in [-0.2, -0.15) is 0 Å². The summed E-state index contributed by atoms with van der Waals surface area (Å²) >= 11 is 3.45. The smallest absolute Gasteiger partial charge is 0.159 e. The van der Waals surface area contributed by atoms with Gasteiger partial charge >= 0.3 is 0 Å². The van der Waals surface area contributed by atoms with Gasteiger partial charge in [-0.25, -0.2) is 9.97 Å². The van der Waals surface area contributed by atoms with Crippen LogP contribution in [0.4, 0.5) is 0 Å². The number of nitrogens with zero attached hydrogens (tertiary/aromatic N) is 2. The van der Waals surface area contributed by atoms with Gasteiger partial charge in [-0.05, 0) is 29.3 Å². The first-order valence-electron chi connectivity index (χ1n) is 5.29. The maximum absolute atomic E-state index is 4.53. The zero-order chi connectivity index (χ0) is 11.5. The van der Waals surface area contributed by atoms with E-state index >= 15 is 0 Å². The van der Waals surface area contributed by atoms with Gasteiger partial charge in [0.1, 0.15) is 0 Å². The maximum Gasteiger partial charge on any atom is 0.159 e. The topological polar surface area (TPSA) is 25.8 Å². The molecule has 0 saturated heterocycles. The summed E-state index contributed by atoms with van der Waals surface area (Å²) in [7, 11) is 0. The molecular weight excluding hydrogens is 264 g/mol. The predicted molar refractivity (Wildman–Crippen MR) is 69.3 cm³/mol. The first-order chi connectivity index (χ1) is 7.70. The van der Waals surface area contributed by atoms with E-state index in [0.717, 1.165) is 28.0 Å². The van der Waals surface area contributed by atoms with E-state index in [0.29, 0.717) is 0 Å². The zero-order valence-corrected chi connectivity index (χ0v) is 11.0. The molecule has 16 heavy (non-hydrogen) atoms. The number of aryl methyl sites for hydroxylation is 2. The van der Waals surface area contributed by atoms with E-state index in [4.69, 9.17) is 0 Å². The Morgan fingerprint density at radius 2 is 1.88 bits per heavy atom. The molecule has 0 spiro atoms. The van der Waals surface area contributed by atoms with Gasteiger partial charge in [-0.15, -0.1) is 0 Å². The van der Waals surface area contributed by atoms with Gasteiger partial charge in [0.2, 0.25) is 0 Å². The van der Waals surface area contributed by atoms with E-state index in [1.165, 1.54) is 5.56 Å². The minimum atomic E-state index is 0.792. The fourth-order valence-electron chi connectivity index (χ4n) is 1.49. The number of halogens is 1. The van der Waals surface area contributed by atoms with Gasteiger partial charge < -0.3 is 0 Å². The molecule has 1 aromatic carbocycles. The Hall–Kier alpha value is -1.22. The quantitative estimate of drug-likeness (QED) is 0.834. The SMILES string of the molecule is CCc1nc(-c2ccc(C)cc2)ncc1Br. The molecule has 1 heterocycles. The molecule has 0 radical (unpaired) electrons. The molecule has 0 atom stereocenters. The van der Waals surface area contributed by atoms with Crippen molar-refractivity contribution in [2.45, 2.75) is 20.3 Å². The van der Waals surface area contributed by atoms with Crippen LogP contribution in [0.15, 0.2) is 34.9 Å². The fraction of sp³-hybridized carbons (Fsp3) is 0.231. The van der Waals surface area contributed by atoms with Crippen LogP contribution in [0.25, 0.3) is 11.4 Å². The van der Waals surface area contributed by atoms with Gasteiger partial charge in [0.15, 0.2) is 5.82 Å². The zero-order valence-electron chi connectivity index (χ0n) is 9.37. The van der Waals surface area contributed by atoms with Crippen LogP contribution < -0.4 is 0 Å². The van der Waals surface area contributed by atoms with Crippen molar-refractivity contribution in [2.75, 3.05) is 0 Å². The second kappa shape index (κ2) is 4.74. The standard InChI is InChI=1S/C13H13BrN2/c1-3-12-11(14)8-15-13(16-12)10-6-4-9(2)5-7-10/h4-8H,3H2,1-2H3. The summed E-state index contributed by atoms with van der Waals surface area (Å²) in [5.41, 5.74) is 3.36. The Kier molecular flexibility index (Phi) is 3.34. The predicted octanol–water partition coefficient (Wildman–Crippen LogP) is 3.78. The van der Waals surface area contributed by atoms with Crippen LogP contribution in [0.5, 0.6) is 0 Å². The molecule has 0 saturated carbocycles.